The van der Waals surface area contributed by atoms with Gasteiger partial charge in [0.05, 0.1) is 19.3 Å². The monoisotopic (exact) mass is 389 g/mol. The van der Waals surface area contributed by atoms with Gasteiger partial charge in [-0.05, 0) is 51.4 Å². The van der Waals surface area contributed by atoms with Crippen LogP contribution in [0.4, 0.5) is 0 Å². The molecule has 3 aliphatic heterocycles. The number of guanidine groups is 1. The summed E-state index contributed by atoms with van der Waals surface area (Å²) in [7, 11) is 1.90. The van der Waals surface area contributed by atoms with Crippen molar-refractivity contribution in [2.75, 3.05) is 66.1 Å². The van der Waals surface area contributed by atoms with Crippen molar-refractivity contribution in [1.29, 1.82) is 0 Å². The summed E-state index contributed by atoms with van der Waals surface area (Å²) in [5, 5.41) is 3.65. The summed E-state index contributed by atoms with van der Waals surface area (Å²) in [5.74, 6) is 3.06. The number of rotatable bonds is 5. The van der Waals surface area contributed by atoms with E-state index < -0.39 is 0 Å². The third-order valence-electron chi connectivity index (χ3n) is 6.36. The van der Waals surface area contributed by atoms with E-state index in [0.717, 1.165) is 76.5 Å². The van der Waals surface area contributed by atoms with Gasteiger partial charge in [0.15, 0.2) is 5.96 Å². The number of nitrogens with zero attached hydrogens (tertiary/aromatic N) is 4. The molecule has 2 unspecified atom stereocenters. The molecule has 7 heteroatoms. The number of furan rings is 1. The fraction of sp³-hybridized carbons (Fsp3) is 0.762. The molecular formula is C21H35N5O2. The Morgan fingerprint density at radius 1 is 1.18 bits per heavy atom. The van der Waals surface area contributed by atoms with Gasteiger partial charge in [0.25, 0.3) is 0 Å². The molecular weight excluding hydrogens is 354 g/mol. The second-order valence-electron chi connectivity index (χ2n) is 8.17. The Kier molecular flexibility index (Phi) is 6.54. The lowest BCUT2D eigenvalue weighted by atomic mass is 10.2. The molecule has 28 heavy (non-hydrogen) atoms. The molecule has 0 aliphatic carbocycles. The zero-order chi connectivity index (χ0) is 19.3. The predicted octanol–water partition coefficient (Wildman–Crippen LogP) is 1.71. The van der Waals surface area contributed by atoms with E-state index in [2.05, 4.69) is 37.1 Å². The Morgan fingerprint density at radius 2 is 1.96 bits per heavy atom. The number of ether oxygens (including phenoxy) is 1. The molecule has 3 aliphatic rings. The summed E-state index contributed by atoms with van der Waals surface area (Å²) in [6, 6.07) is 5.09. The first-order valence-electron chi connectivity index (χ1n) is 10.8. The van der Waals surface area contributed by atoms with Crippen LogP contribution in [0.25, 0.3) is 0 Å². The van der Waals surface area contributed by atoms with Gasteiger partial charge in [-0.3, -0.25) is 14.8 Å². The first-order valence-corrected chi connectivity index (χ1v) is 10.8. The summed E-state index contributed by atoms with van der Waals surface area (Å²) in [5.41, 5.74) is 0. The number of hydrogen-bond acceptors (Lipinski definition) is 5. The van der Waals surface area contributed by atoms with Crippen molar-refractivity contribution in [2.24, 2.45) is 4.99 Å². The minimum absolute atomic E-state index is 0.269. The van der Waals surface area contributed by atoms with Crippen LogP contribution in [-0.4, -0.2) is 92.8 Å². The predicted molar refractivity (Wildman–Crippen MR) is 111 cm³/mol. The highest BCUT2D eigenvalue weighted by molar-refractivity contribution is 5.80. The minimum Gasteiger partial charge on any atom is -0.465 e. The molecule has 4 heterocycles. The van der Waals surface area contributed by atoms with Gasteiger partial charge in [-0.1, -0.05) is 0 Å². The van der Waals surface area contributed by atoms with Crippen LogP contribution in [0.1, 0.15) is 36.8 Å². The quantitative estimate of drug-likeness (QED) is 0.611. The summed E-state index contributed by atoms with van der Waals surface area (Å²) in [6.07, 6.45) is 3.75. The summed E-state index contributed by atoms with van der Waals surface area (Å²) < 4.78 is 11.5. The Balaban J connectivity index is 1.36. The third kappa shape index (κ3) is 4.53. The Labute approximate surface area is 168 Å². The van der Waals surface area contributed by atoms with Crippen molar-refractivity contribution in [2.45, 2.75) is 38.3 Å². The average Bonchev–Trinajstić information content (AvgIpc) is 3.48. The third-order valence-corrected chi connectivity index (χ3v) is 6.36. The fourth-order valence-corrected chi connectivity index (χ4v) is 4.79. The molecule has 4 rings (SSSR count). The maximum atomic E-state index is 5.99. The lowest BCUT2D eigenvalue weighted by molar-refractivity contribution is 0.0194. The Hall–Kier alpha value is -1.57. The molecule has 156 valence electrons. The topological polar surface area (TPSA) is 56.5 Å². The molecule has 3 fully saturated rings. The first-order chi connectivity index (χ1) is 13.7. The molecule has 0 bridgehead atoms. The maximum Gasteiger partial charge on any atom is 0.193 e. The fourth-order valence-electron chi connectivity index (χ4n) is 4.79. The highest BCUT2D eigenvalue weighted by atomic mass is 16.5. The van der Waals surface area contributed by atoms with Crippen LogP contribution >= 0.6 is 0 Å². The van der Waals surface area contributed by atoms with Crippen LogP contribution in [0, 0.1) is 6.92 Å². The number of aryl methyl sites for hydroxylation is 1. The van der Waals surface area contributed by atoms with E-state index in [-0.39, 0.29) is 6.04 Å². The van der Waals surface area contributed by atoms with Crippen LogP contribution in [0.2, 0.25) is 0 Å². The Bertz CT molecular complexity index is 649. The maximum absolute atomic E-state index is 5.99. The van der Waals surface area contributed by atoms with E-state index in [9.17, 15) is 0 Å². The molecule has 0 saturated carbocycles. The van der Waals surface area contributed by atoms with Crippen molar-refractivity contribution in [3.8, 4) is 0 Å². The van der Waals surface area contributed by atoms with E-state index >= 15 is 0 Å². The van der Waals surface area contributed by atoms with E-state index in [0.29, 0.717) is 6.04 Å². The van der Waals surface area contributed by atoms with Gasteiger partial charge in [0.1, 0.15) is 11.5 Å². The van der Waals surface area contributed by atoms with Crippen molar-refractivity contribution in [3.05, 3.63) is 23.7 Å². The van der Waals surface area contributed by atoms with Crippen LogP contribution < -0.4 is 5.32 Å². The number of hydrogen-bond donors (Lipinski definition) is 1. The van der Waals surface area contributed by atoms with Gasteiger partial charge in [0.2, 0.25) is 0 Å². The lowest BCUT2D eigenvalue weighted by Crippen LogP contribution is -2.47. The second kappa shape index (κ2) is 9.29. The van der Waals surface area contributed by atoms with Crippen LogP contribution in [0.15, 0.2) is 21.5 Å². The average molecular weight is 390 g/mol. The van der Waals surface area contributed by atoms with Crippen molar-refractivity contribution in [1.82, 2.24) is 20.0 Å². The smallest absolute Gasteiger partial charge is 0.193 e. The molecule has 2 atom stereocenters. The van der Waals surface area contributed by atoms with E-state index in [1.807, 2.05) is 14.0 Å². The lowest BCUT2D eigenvalue weighted by Gasteiger charge is -2.32. The largest absolute Gasteiger partial charge is 0.465 e. The Morgan fingerprint density at radius 3 is 2.64 bits per heavy atom. The zero-order valence-electron chi connectivity index (χ0n) is 17.4. The van der Waals surface area contributed by atoms with Gasteiger partial charge in [0, 0.05) is 45.8 Å². The zero-order valence-corrected chi connectivity index (χ0v) is 17.4. The molecule has 1 N–H and O–H groups in total. The minimum atomic E-state index is 0.269. The molecule has 0 aromatic carbocycles. The van der Waals surface area contributed by atoms with Gasteiger partial charge >= 0.3 is 0 Å². The standard InChI is InChI=1S/C21H35N5O2/c1-17-5-6-20(28-17)19(25-8-3-4-9-25)15-23-21(22-2)26-10-7-18(16-26)24-11-13-27-14-12-24/h5-6,18-19H,3-4,7-16H2,1-2H3,(H,22,23). The van der Waals surface area contributed by atoms with Crippen LogP contribution in [-0.2, 0) is 4.74 Å². The van der Waals surface area contributed by atoms with Crippen LogP contribution in [0.5, 0.6) is 0 Å². The normalized spacial score (nSPS) is 26.1. The second-order valence-corrected chi connectivity index (χ2v) is 8.17. The summed E-state index contributed by atoms with van der Waals surface area (Å²) in [4.78, 5) is 12.1. The van der Waals surface area contributed by atoms with Crippen molar-refractivity contribution < 1.29 is 9.15 Å². The SMILES string of the molecule is CN=C(NCC(c1ccc(C)o1)N1CCCC1)N1CCC(N2CCOCC2)C1. The number of nitrogens with one attached hydrogen (secondary N) is 1. The number of likely N-dealkylation sites (tertiary alicyclic amines) is 2. The van der Waals surface area contributed by atoms with Gasteiger partial charge < -0.3 is 19.4 Å². The highest BCUT2D eigenvalue weighted by Crippen LogP contribution is 2.26. The summed E-state index contributed by atoms with van der Waals surface area (Å²) in [6.45, 7) is 11.1. The summed E-state index contributed by atoms with van der Waals surface area (Å²) >= 11 is 0. The van der Waals surface area contributed by atoms with E-state index in [1.54, 1.807) is 0 Å². The molecule has 0 spiro atoms. The first kappa shape index (κ1) is 19.7. The molecule has 3 saturated heterocycles. The van der Waals surface area contributed by atoms with E-state index in [1.165, 1.54) is 19.3 Å². The molecule has 0 radical (unpaired) electrons. The number of morpholine rings is 1. The van der Waals surface area contributed by atoms with Gasteiger partial charge in [-0.15, -0.1) is 0 Å². The van der Waals surface area contributed by atoms with E-state index in [4.69, 9.17) is 9.15 Å². The molecule has 1 aromatic rings. The number of aliphatic imine (C=N–C) groups is 1. The van der Waals surface area contributed by atoms with Gasteiger partial charge in [-0.2, -0.15) is 0 Å². The van der Waals surface area contributed by atoms with Crippen LogP contribution in [0.3, 0.4) is 0 Å². The highest BCUT2D eigenvalue weighted by Gasteiger charge is 2.31. The molecule has 1 aromatic heterocycles. The van der Waals surface area contributed by atoms with Crippen molar-refractivity contribution in [3.63, 3.8) is 0 Å². The van der Waals surface area contributed by atoms with Crippen molar-refractivity contribution >= 4 is 5.96 Å². The molecule has 7 nitrogen and oxygen atoms in total. The van der Waals surface area contributed by atoms with Gasteiger partial charge in [-0.25, -0.2) is 0 Å². The molecule has 0 amide bonds.